The Kier molecular flexibility index (Phi) is 68.9. The van der Waals surface area contributed by atoms with Crippen LogP contribution in [0, 0.1) is 0 Å². The highest BCUT2D eigenvalue weighted by atomic mass is 16.5. The third-order valence-corrected chi connectivity index (χ3v) is 17.6. The summed E-state index contributed by atoms with van der Waals surface area (Å²) in [6.45, 7) is 5.00. The molecule has 0 aliphatic carbocycles. The molecule has 0 fully saturated rings. The van der Waals surface area contributed by atoms with Gasteiger partial charge in [0.1, 0.15) is 0 Å². The van der Waals surface area contributed by atoms with E-state index in [2.05, 4.69) is 31.3 Å². The summed E-state index contributed by atoms with van der Waals surface area (Å²) in [5, 5.41) is 23.4. The van der Waals surface area contributed by atoms with Crippen molar-refractivity contribution in [1.82, 2.24) is 5.32 Å². The molecule has 0 aromatic heterocycles. The molecule has 0 aromatic rings. The number of carbonyl (C=O) groups excluding carboxylic acids is 2. The van der Waals surface area contributed by atoms with Gasteiger partial charge in [-0.3, -0.25) is 9.59 Å². The van der Waals surface area contributed by atoms with Crippen LogP contribution < -0.4 is 5.32 Å². The lowest BCUT2D eigenvalue weighted by atomic mass is 10.0. The summed E-state index contributed by atoms with van der Waals surface area (Å²) in [6, 6.07) is -0.539. The zero-order chi connectivity index (χ0) is 57.8. The van der Waals surface area contributed by atoms with E-state index in [4.69, 9.17) is 4.74 Å². The number of nitrogens with one attached hydrogen (secondary N) is 1. The smallest absolute Gasteiger partial charge is 0.305 e. The van der Waals surface area contributed by atoms with Crippen molar-refractivity contribution in [3.05, 3.63) is 12.2 Å². The molecular formula is C74H145NO5. The first kappa shape index (κ1) is 78.6. The zero-order valence-electron chi connectivity index (χ0n) is 54.6. The van der Waals surface area contributed by atoms with Crippen molar-refractivity contribution < 1.29 is 24.5 Å². The van der Waals surface area contributed by atoms with Gasteiger partial charge in [-0.1, -0.05) is 373 Å². The van der Waals surface area contributed by atoms with Gasteiger partial charge in [0, 0.05) is 12.8 Å². The Hall–Kier alpha value is -1.40. The number of hydrogen-bond donors (Lipinski definition) is 3. The number of hydrogen-bond acceptors (Lipinski definition) is 5. The van der Waals surface area contributed by atoms with Crippen LogP contribution in [0.5, 0.6) is 0 Å². The minimum atomic E-state index is -0.662. The van der Waals surface area contributed by atoms with E-state index in [1.165, 1.54) is 353 Å². The van der Waals surface area contributed by atoms with Crippen molar-refractivity contribution in [1.29, 1.82) is 0 Å². The van der Waals surface area contributed by atoms with Crippen LogP contribution in [0.1, 0.15) is 425 Å². The van der Waals surface area contributed by atoms with E-state index < -0.39 is 12.1 Å². The second-order valence-corrected chi connectivity index (χ2v) is 25.6. The van der Waals surface area contributed by atoms with Crippen LogP contribution in [-0.2, 0) is 14.3 Å². The number of aliphatic hydroxyl groups excluding tert-OH is 2. The molecule has 0 spiro atoms. The van der Waals surface area contributed by atoms with Crippen LogP contribution in [0.4, 0.5) is 0 Å². The second-order valence-electron chi connectivity index (χ2n) is 25.6. The van der Waals surface area contributed by atoms with Gasteiger partial charge in [0.25, 0.3) is 0 Å². The molecule has 0 aliphatic heterocycles. The topological polar surface area (TPSA) is 95.9 Å². The molecule has 3 N–H and O–H groups in total. The summed E-state index contributed by atoms with van der Waals surface area (Å²) < 4.78 is 5.49. The highest BCUT2D eigenvalue weighted by Crippen LogP contribution is 2.19. The lowest BCUT2D eigenvalue weighted by Crippen LogP contribution is -2.45. The Balaban J connectivity index is 3.34. The van der Waals surface area contributed by atoms with Gasteiger partial charge in [-0.05, 0) is 51.4 Å². The van der Waals surface area contributed by atoms with Crippen LogP contribution in [0.2, 0.25) is 0 Å². The summed E-state index contributed by atoms with van der Waals surface area (Å²) in [5.74, 6) is -0.00703. The molecule has 6 heteroatoms. The Bertz CT molecular complexity index is 1210. The molecule has 0 radical (unpaired) electrons. The lowest BCUT2D eigenvalue weighted by molar-refractivity contribution is -0.143. The molecule has 0 heterocycles. The van der Waals surface area contributed by atoms with Crippen molar-refractivity contribution in [2.75, 3.05) is 13.2 Å². The minimum absolute atomic E-state index is 0.0207. The maximum atomic E-state index is 12.5. The predicted molar refractivity (Wildman–Crippen MR) is 352 cm³/mol. The van der Waals surface area contributed by atoms with Crippen LogP contribution in [-0.4, -0.2) is 47.4 Å². The fraction of sp³-hybridized carbons (Fsp3) is 0.946. The molecule has 6 nitrogen and oxygen atoms in total. The minimum Gasteiger partial charge on any atom is -0.466 e. The van der Waals surface area contributed by atoms with Gasteiger partial charge in [0.05, 0.1) is 25.4 Å². The van der Waals surface area contributed by atoms with E-state index in [9.17, 15) is 19.8 Å². The number of carbonyl (C=O) groups is 2. The van der Waals surface area contributed by atoms with Gasteiger partial charge in [-0.15, -0.1) is 0 Å². The van der Waals surface area contributed by atoms with Crippen molar-refractivity contribution >= 4 is 11.9 Å². The number of allylic oxidation sites excluding steroid dienone is 2. The van der Waals surface area contributed by atoms with Gasteiger partial charge >= 0.3 is 5.97 Å². The Morgan fingerprint density at radius 1 is 0.338 bits per heavy atom. The Morgan fingerprint density at radius 3 is 0.887 bits per heavy atom. The van der Waals surface area contributed by atoms with E-state index in [1.54, 1.807) is 0 Å². The third kappa shape index (κ3) is 65.7. The number of rotatable bonds is 70. The quantitative estimate of drug-likeness (QED) is 0.0320. The molecule has 2 unspecified atom stereocenters. The maximum Gasteiger partial charge on any atom is 0.305 e. The second kappa shape index (κ2) is 70.1. The van der Waals surface area contributed by atoms with Gasteiger partial charge in [0.2, 0.25) is 5.91 Å². The standard InChI is InChI=1S/C74H145NO5/c1-3-5-7-9-11-13-15-17-18-19-36-39-43-46-50-54-58-62-66-72(77)71(70-76)75-73(78)67-63-59-55-51-47-44-40-37-34-32-30-28-26-24-22-20-21-23-25-27-29-31-33-35-38-41-45-49-53-57-61-65-69-80-74(79)68-64-60-56-52-48-42-16-14-12-10-8-6-4-2/h23,25,71-72,76-77H,3-22,24,26-70H2,1-2H3,(H,75,78)/b25-23-. The van der Waals surface area contributed by atoms with Crippen LogP contribution >= 0.6 is 0 Å². The fourth-order valence-electron chi connectivity index (χ4n) is 11.9. The number of ether oxygens (including phenoxy) is 1. The molecule has 0 aromatic carbocycles. The zero-order valence-corrected chi connectivity index (χ0v) is 54.6. The molecule has 0 aliphatic rings. The lowest BCUT2D eigenvalue weighted by Gasteiger charge is -2.22. The number of amides is 1. The summed E-state index contributed by atoms with van der Waals surface area (Å²) in [6.07, 6.45) is 87.1. The van der Waals surface area contributed by atoms with E-state index in [1.807, 2.05) is 0 Å². The maximum absolute atomic E-state index is 12.5. The first-order chi connectivity index (χ1) is 39.5. The molecule has 476 valence electrons. The van der Waals surface area contributed by atoms with Crippen molar-refractivity contribution in [2.24, 2.45) is 0 Å². The van der Waals surface area contributed by atoms with E-state index in [0.29, 0.717) is 25.9 Å². The number of esters is 1. The van der Waals surface area contributed by atoms with E-state index >= 15 is 0 Å². The highest BCUT2D eigenvalue weighted by Gasteiger charge is 2.20. The van der Waals surface area contributed by atoms with Crippen LogP contribution in [0.3, 0.4) is 0 Å². The normalized spacial score (nSPS) is 12.5. The SMILES string of the molecule is CCCCCCCCCCCCCCCCCCCCC(O)C(CO)NC(=O)CCCCCCCCCCCCCCCCCC/C=C\CCCCCCCCCCCCCCOC(=O)CCCCCCCCCCCCCCC. The van der Waals surface area contributed by atoms with Gasteiger partial charge in [0.15, 0.2) is 0 Å². The van der Waals surface area contributed by atoms with Crippen molar-refractivity contribution in [3.63, 3.8) is 0 Å². The highest BCUT2D eigenvalue weighted by molar-refractivity contribution is 5.76. The predicted octanol–water partition coefficient (Wildman–Crippen LogP) is 23.9. The first-order valence-corrected chi connectivity index (χ1v) is 36.9. The van der Waals surface area contributed by atoms with Crippen LogP contribution in [0.25, 0.3) is 0 Å². The van der Waals surface area contributed by atoms with Gasteiger partial charge in [-0.2, -0.15) is 0 Å². The Morgan fingerprint density at radius 2 is 0.588 bits per heavy atom. The first-order valence-electron chi connectivity index (χ1n) is 36.9. The van der Waals surface area contributed by atoms with Gasteiger partial charge in [-0.25, -0.2) is 0 Å². The molecule has 2 atom stereocenters. The molecule has 1 amide bonds. The fourth-order valence-corrected chi connectivity index (χ4v) is 11.9. The molecule has 0 saturated heterocycles. The third-order valence-electron chi connectivity index (χ3n) is 17.6. The summed E-state index contributed by atoms with van der Waals surface area (Å²) in [5.41, 5.74) is 0. The number of unbranched alkanes of at least 4 members (excludes halogenated alkanes) is 57. The van der Waals surface area contributed by atoms with Gasteiger partial charge < -0.3 is 20.3 Å². The molecule has 0 saturated carbocycles. The molecule has 0 rings (SSSR count). The average molecular weight is 1130 g/mol. The molecular weight excluding hydrogens is 983 g/mol. The monoisotopic (exact) mass is 1130 g/mol. The average Bonchev–Trinajstić information content (AvgIpc) is 3.46. The van der Waals surface area contributed by atoms with Crippen molar-refractivity contribution in [3.8, 4) is 0 Å². The summed E-state index contributed by atoms with van der Waals surface area (Å²) >= 11 is 0. The van der Waals surface area contributed by atoms with Crippen LogP contribution in [0.15, 0.2) is 12.2 Å². The Labute approximate surface area is 501 Å². The largest absolute Gasteiger partial charge is 0.466 e. The van der Waals surface area contributed by atoms with E-state index in [0.717, 1.165) is 38.5 Å². The summed E-state index contributed by atoms with van der Waals surface area (Å²) in [4.78, 5) is 24.6. The summed E-state index contributed by atoms with van der Waals surface area (Å²) in [7, 11) is 0. The molecule has 0 bridgehead atoms. The van der Waals surface area contributed by atoms with Crippen molar-refractivity contribution in [2.45, 2.75) is 437 Å². The number of aliphatic hydroxyl groups is 2. The van der Waals surface area contributed by atoms with E-state index in [-0.39, 0.29) is 18.5 Å². The molecule has 80 heavy (non-hydrogen) atoms.